The molecule has 0 bridgehead atoms. The first-order valence-corrected chi connectivity index (χ1v) is 9.43. The summed E-state index contributed by atoms with van der Waals surface area (Å²) in [4.78, 5) is 24.8. The first-order chi connectivity index (χ1) is 11.4. The molecule has 3 aromatic rings. The van der Waals surface area contributed by atoms with E-state index in [1.807, 2.05) is 24.3 Å². The maximum atomic E-state index is 12.9. The highest BCUT2D eigenvalue weighted by molar-refractivity contribution is 7.65. The van der Waals surface area contributed by atoms with Crippen LogP contribution in [0.15, 0.2) is 54.7 Å². The smallest absolute Gasteiger partial charge is 0.310 e. The molecule has 6 heteroatoms. The topological polar surface area (TPSA) is 90.4 Å². The molecule has 0 saturated heterocycles. The minimum absolute atomic E-state index is 0.00704. The number of aromatic nitrogens is 1. The van der Waals surface area contributed by atoms with Crippen LogP contribution in [0.4, 0.5) is 0 Å². The summed E-state index contributed by atoms with van der Waals surface area (Å²) in [6, 6.07) is 13.9. The predicted octanol–water partition coefficient (Wildman–Crippen LogP) is 3.45. The van der Waals surface area contributed by atoms with E-state index < -0.39 is 19.3 Å². The lowest BCUT2D eigenvalue weighted by atomic mass is 10.0. The number of benzene rings is 2. The van der Waals surface area contributed by atoms with Crippen molar-refractivity contribution in [2.45, 2.75) is 19.0 Å². The highest BCUT2D eigenvalue weighted by Gasteiger charge is 2.24. The van der Waals surface area contributed by atoms with E-state index in [4.69, 9.17) is 5.11 Å². The van der Waals surface area contributed by atoms with Gasteiger partial charge in [0.1, 0.15) is 0 Å². The Morgan fingerprint density at radius 1 is 1.21 bits per heavy atom. The third-order valence-electron chi connectivity index (χ3n) is 4.21. The molecule has 1 heterocycles. The summed E-state index contributed by atoms with van der Waals surface area (Å²) >= 11 is 0. The number of carbonyl (C=O) groups is 1. The van der Waals surface area contributed by atoms with Gasteiger partial charge in [-0.2, -0.15) is 0 Å². The largest absolute Gasteiger partial charge is 0.481 e. The van der Waals surface area contributed by atoms with Crippen molar-refractivity contribution in [2.75, 3.05) is 0 Å². The van der Waals surface area contributed by atoms with E-state index in [9.17, 15) is 14.3 Å². The van der Waals surface area contributed by atoms with Crippen molar-refractivity contribution in [1.29, 1.82) is 0 Å². The van der Waals surface area contributed by atoms with Crippen LogP contribution in [0.2, 0.25) is 0 Å². The molecule has 24 heavy (non-hydrogen) atoms. The van der Waals surface area contributed by atoms with Crippen LogP contribution in [0.1, 0.15) is 24.0 Å². The minimum Gasteiger partial charge on any atom is -0.481 e. The van der Waals surface area contributed by atoms with Crippen LogP contribution in [-0.4, -0.2) is 21.0 Å². The highest BCUT2D eigenvalue weighted by atomic mass is 31.2. The third-order valence-corrected chi connectivity index (χ3v) is 6.07. The van der Waals surface area contributed by atoms with E-state index in [-0.39, 0.29) is 11.5 Å². The monoisotopic (exact) mass is 343 g/mol. The molecule has 0 aliphatic heterocycles. The van der Waals surface area contributed by atoms with Crippen molar-refractivity contribution in [3.63, 3.8) is 0 Å². The molecule has 2 atom stereocenters. The maximum Gasteiger partial charge on any atom is 0.310 e. The van der Waals surface area contributed by atoms with Crippen molar-refractivity contribution in [3.05, 3.63) is 65.9 Å². The number of rotatable bonds is 5. The molecule has 0 fully saturated rings. The molecule has 2 unspecified atom stereocenters. The van der Waals surface area contributed by atoms with Gasteiger partial charge in [-0.15, -0.1) is 0 Å². The number of H-pyrrole nitrogens is 1. The van der Waals surface area contributed by atoms with Crippen LogP contribution in [0.25, 0.3) is 10.9 Å². The lowest BCUT2D eigenvalue weighted by molar-refractivity contribution is -0.138. The normalized spacial score (nSPS) is 15.1. The summed E-state index contributed by atoms with van der Waals surface area (Å²) in [5.41, 5.74) is 2.23. The summed E-state index contributed by atoms with van der Waals surface area (Å²) in [5, 5.41) is 10.3. The van der Waals surface area contributed by atoms with E-state index in [0.29, 0.717) is 5.56 Å². The average molecular weight is 343 g/mol. The summed E-state index contributed by atoms with van der Waals surface area (Å²) < 4.78 is 12.9. The fourth-order valence-corrected chi connectivity index (χ4v) is 4.35. The van der Waals surface area contributed by atoms with Crippen LogP contribution in [0.3, 0.4) is 0 Å². The van der Waals surface area contributed by atoms with Gasteiger partial charge in [0, 0.05) is 22.4 Å². The van der Waals surface area contributed by atoms with E-state index in [1.54, 1.807) is 31.3 Å². The summed E-state index contributed by atoms with van der Waals surface area (Å²) in [6.45, 7) is 1.56. The number of carboxylic acid groups (broad SMARTS) is 1. The molecular formula is C18H18NO4P. The molecule has 2 aromatic carbocycles. The molecule has 0 amide bonds. The number of fused-ring (bicyclic) bond motifs is 1. The Hall–Kier alpha value is -2.36. The SMILES string of the molecule is CC(C(=O)O)c1cccc(P(=O)(O)Cc2cccc3[nH]ccc23)c1. The summed E-state index contributed by atoms with van der Waals surface area (Å²) in [5.74, 6) is -1.69. The number of hydrogen-bond donors (Lipinski definition) is 3. The van der Waals surface area contributed by atoms with E-state index in [1.165, 1.54) is 6.07 Å². The lowest BCUT2D eigenvalue weighted by Gasteiger charge is -2.15. The summed E-state index contributed by atoms with van der Waals surface area (Å²) in [7, 11) is -3.65. The highest BCUT2D eigenvalue weighted by Crippen LogP contribution is 2.44. The number of aliphatic carboxylic acids is 1. The Balaban J connectivity index is 1.96. The zero-order chi connectivity index (χ0) is 17.3. The molecule has 124 valence electrons. The Bertz CT molecular complexity index is 947. The Morgan fingerprint density at radius 3 is 2.71 bits per heavy atom. The van der Waals surface area contributed by atoms with Gasteiger partial charge in [0.25, 0.3) is 0 Å². The zero-order valence-corrected chi connectivity index (χ0v) is 14.0. The fraction of sp³-hybridized carbons (Fsp3) is 0.167. The number of nitrogens with one attached hydrogen (secondary N) is 1. The second kappa shape index (κ2) is 6.27. The van der Waals surface area contributed by atoms with Gasteiger partial charge >= 0.3 is 5.97 Å². The van der Waals surface area contributed by atoms with Crippen molar-refractivity contribution < 1.29 is 19.4 Å². The zero-order valence-electron chi connectivity index (χ0n) is 13.1. The van der Waals surface area contributed by atoms with Crippen LogP contribution >= 0.6 is 7.37 Å². The lowest BCUT2D eigenvalue weighted by Crippen LogP contribution is -2.12. The number of carboxylic acids is 1. The van der Waals surface area contributed by atoms with Crippen LogP contribution < -0.4 is 5.30 Å². The van der Waals surface area contributed by atoms with Gasteiger partial charge in [0.2, 0.25) is 7.37 Å². The maximum absolute atomic E-state index is 12.9. The molecule has 5 nitrogen and oxygen atoms in total. The molecule has 0 aliphatic rings. The Morgan fingerprint density at radius 2 is 1.96 bits per heavy atom. The van der Waals surface area contributed by atoms with Gasteiger partial charge in [-0.05, 0) is 42.3 Å². The van der Waals surface area contributed by atoms with Crippen LogP contribution in [0, 0.1) is 0 Å². The number of hydrogen-bond acceptors (Lipinski definition) is 2. The van der Waals surface area contributed by atoms with Crippen LogP contribution in [-0.2, 0) is 15.5 Å². The van der Waals surface area contributed by atoms with E-state index in [2.05, 4.69) is 4.98 Å². The molecular weight excluding hydrogens is 325 g/mol. The van der Waals surface area contributed by atoms with Crippen molar-refractivity contribution in [1.82, 2.24) is 4.98 Å². The minimum atomic E-state index is -3.65. The third kappa shape index (κ3) is 3.14. The fourth-order valence-electron chi connectivity index (χ4n) is 2.76. The molecule has 0 saturated carbocycles. The quantitative estimate of drug-likeness (QED) is 0.619. The standard InChI is InChI=1S/C18H18NO4P/c1-12(18(20)21)13-4-2-6-15(10-13)24(22,23)11-14-5-3-7-17-16(14)8-9-19-17/h2-10,12,19H,11H2,1H3,(H,20,21)(H,22,23). The molecule has 3 N–H and O–H groups in total. The second-order valence-corrected chi connectivity index (χ2v) is 8.11. The Kier molecular flexibility index (Phi) is 4.31. The van der Waals surface area contributed by atoms with Gasteiger partial charge in [0.05, 0.1) is 12.1 Å². The molecule has 1 aromatic heterocycles. The molecule has 0 aliphatic carbocycles. The van der Waals surface area contributed by atoms with Crippen molar-refractivity contribution in [3.8, 4) is 0 Å². The average Bonchev–Trinajstić information content (AvgIpc) is 3.03. The molecule has 3 rings (SSSR count). The second-order valence-electron chi connectivity index (χ2n) is 5.87. The first kappa shape index (κ1) is 16.5. The van der Waals surface area contributed by atoms with Gasteiger partial charge < -0.3 is 15.0 Å². The van der Waals surface area contributed by atoms with Crippen LogP contribution in [0.5, 0.6) is 0 Å². The Labute approximate surface area is 139 Å². The number of aromatic amines is 1. The van der Waals surface area contributed by atoms with E-state index >= 15 is 0 Å². The van der Waals surface area contributed by atoms with Gasteiger partial charge in [-0.3, -0.25) is 9.36 Å². The molecule has 0 radical (unpaired) electrons. The van der Waals surface area contributed by atoms with Gasteiger partial charge in [-0.1, -0.05) is 24.3 Å². The first-order valence-electron chi connectivity index (χ1n) is 7.58. The summed E-state index contributed by atoms with van der Waals surface area (Å²) in [6.07, 6.45) is 1.80. The molecule has 0 spiro atoms. The van der Waals surface area contributed by atoms with Gasteiger partial charge in [0.15, 0.2) is 0 Å². The predicted molar refractivity (Wildman–Crippen MR) is 94.0 cm³/mol. The van der Waals surface area contributed by atoms with Gasteiger partial charge in [-0.25, -0.2) is 0 Å². The van der Waals surface area contributed by atoms with Crippen molar-refractivity contribution in [2.24, 2.45) is 0 Å². The van der Waals surface area contributed by atoms with Crippen molar-refractivity contribution >= 4 is 29.5 Å². The van der Waals surface area contributed by atoms with E-state index in [0.717, 1.165) is 16.5 Å².